The number of rotatable bonds is 8. The molecular formula is C67H53N5O. The maximum atomic E-state index is 9.75. The Bertz CT molecular complexity index is 3790. The number of anilines is 3. The van der Waals surface area contributed by atoms with Gasteiger partial charge in [0.25, 0.3) is 0 Å². The topological polar surface area (TPSA) is 56.9 Å². The Labute approximate surface area is 427 Å². The van der Waals surface area contributed by atoms with Crippen molar-refractivity contribution in [3.8, 4) is 39.4 Å². The first-order valence-corrected chi connectivity index (χ1v) is 24.5. The molecule has 0 fully saturated rings. The van der Waals surface area contributed by atoms with Crippen LogP contribution >= 0.6 is 0 Å². The van der Waals surface area contributed by atoms with Crippen molar-refractivity contribution in [2.75, 3.05) is 11.9 Å². The van der Waals surface area contributed by atoms with Gasteiger partial charge in [-0.25, -0.2) is 4.99 Å². The van der Waals surface area contributed by atoms with E-state index in [2.05, 4.69) is 198 Å². The lowest BCUT2D eigenvalue weighted by Crippen LogP contribution is -2.38. The van der Waals surface area contributed by atoms with Crippen molar-refractivity contribution < 1.29 is 4.74 Å². The minimum absolute atomic E-state index is 0.139. The molecule has 10 aromatic rings. The van der Waals surface area contributed by atoms with Crippen molar-refractivity contribution in [3.05, 3.63) is 290 Å². The fourth-order valence-corrected chi connectivity index (χ4v) is 10.4. The number of hydrogen-bond acceptors (Lipinski definition) is 4. The Kier molecular flexibility index (Phi) is 12.4. The summed E-state index contributed by atoms with van der Waals surface area (Å²) in [5.41, 5.74) is 12.7. The molecule has 0 aliphatic carbocycles. The Morgan fingerprint density at radius 1 is 0.521 bits per heavy atom. The highest BCUT2D eigenvalue weighted by Gasteiger charge is 2.37. The molecule has 0 saturated carbocycles. The van der Waals surface area contributed by atoms with Gasteiger partial charge >= 0.3 is 0 Å². The fourth-order valence-electron chi connectivity index (χ4n) is 10.4. The smallest absolute Gasteiger partial charge is 0.154 e. The maximum absolute atomic E-state index is 9.75. The van der Waals surface area contributed by atoms with E-state index in [1.54, 1.807) is 0 Å². The van der Waals surface area contributed by atoms with Crippen LogP contribution in [0.2, 0.25) is 0 Å². The number of aliphatic imine (C=N–C) groups is 1. The average molecular weight is 944 g/mol. The first-order valence-electron chi connectivity index (χ1n) is 24.5. The summed E-state index contributed by atoms with van der Waals surface area (Å²) in [6, 6.07) is 77.8. The molecule has 6 nitrogen and oxygen atoms in total. The number of likely N-dealkylation sites (N-methyl/N-ethyl adjacent to an activating group) is 1. The van der Waals surface area contributed by atoms with Crippen LogP contribution < -0.4 is 9.64 Å². The van der Waals surface area contributed by atoms with Gasteiger partial charge in [0.15, 0.2) is 5.84 Å². The van der Waals surface area contributed by atoms with Gasteiger partial charge < -0.3 is 19.1 Å². The van der Waals surface area contributed by atoms with Crippen molar-refractivity contribution >= 4 is 50.5 Å². The van der Waals surface area contributed by atoms with Gasteiger partial charge in [-0.2, -0.15) is 0 Å². The summed E-state index contributed by atoms with van der Waals surface area (Å²) in [6.07, 6.45) is 10.0. The number of nitrogens with one attached hydrogen (secondary N) is 1. The molecule has 9 aromatic carbocycles. The third-order valence-electron chi connectivity index (χ3n) is 13.8. The van der Waals surface area contributed by atoms with E-state index in [-0.39, 0.29) is 5.84 Å². The van der Waals surface area contributed by atoms with Crippen molar-refractivity contribution in [1.29, 1.82) is 5.41 Å². The van der Waals surface area contributed by atoms with Crippen molar-refractivity contribution in [3.63, 3.8) is 0 Å². The van der Waals surface area contributed by atoms with E-state index in [0.29, 0.717) is 11.4 Å². The standard InChI is InChI=1S/C67H53N5O/c1-5-7-42-67(3)60-45-54(46-62-64(60)59-36-19-20-37-61(59)72(62)51-29-13-9-14-30-51)71(52-38-40-56(41-39-52)73-55-32-15-10-16-33-55)53-31-22-27-49(44-53)58-35-18-17-34-57(58)48-26-21-28-50(43-48)65(68)69-66(47-24-11-8-12-25-47)70(4)63(67)23-6-2/h5-46,68H,1-2H2,3-4H3/b42-7-,63-23+,68-65?,69-66-. The molecule has 0 saturated heterocycles. The molecule has 1 aliphatic rings. The van der Waals surface area contributed by atoms with E-state index in [9.17, 15) is 5.41 Å². The maximum Gasteiger partial charge on any atom is 0.154 e. The number of allylic oxidation sites excluding steroid dienone is 5. The van der Waals surface area contributed by atoms with E-state index in [4.69, 9.17) is 9.73 Å². The van der Waals surface area contributed by atoms with Gasteiger partial charge in [0.2, 0.25) is 0 Å². The minimum Gasteiger partial charge on any atom is -0.457 e. The van der Waals surface area contributed by atoms with Crippen LogP contribution in [0, 0.1) is 5.41 Å². The van der Waals surface area contributed by atoms with Crippen LogP contribution in [0.4, 0.5) is 17.1 Å². The SMILES string of the molecule is C=C/C=C\C1(C)/C(=C\C=C)N(C)/C(c2ccccc2)=N\C(=N)c2cccc(c2)-c2ccccc2-c2cccc(c2)N(c2ccc(Oc3ccccc3)cc2)c2cc1c1c3ccccc3n(-c3ccccc3)c1c2. The molecule has 0 radical (unpaired) electrons. The zero-order valence-corrected chi connectivity index (χ0v) is 40.9. The van der Waals surface area contributed by atoms with Gasteiger partial charge in [-0.1, -0.05) is 177 Å². The number of ether oxygens (including phenoxy) is 1. The van der Waals surface area contributed by atoms with Crippen LogP contribution in [-0.2, 0) is 5.41 Å². The molecule has 6 bridgehead atoms. The van der Waals surface area contributed by atoms with Crippen LogP contribution in [0.25, 0.3) is 49.7 Å². The summed E-state index contributed by atoms with van der Waals surface area (Å²) in [5.74, 6) is 2.25. The Hall–Kier alpha value is -9.52. The van der Waals surface area contributed by atoms with E-state index < -0.39 is 5.41 Å². The first kappa shape index (κ1) is 45.9. The van der Waals surface area contributed by atoms with Crippen LogP contribution in [0.1, 0.15) is 23.6 Å². The summed E-state index contributed by atoms with van der Waals surface area (Å²) in [4.78, 5) is 9.76. The normalized spacial score (nSPS) is 16.2. The number of para-hydroxylation sites is 3. The molecule has 11 rings (SSSR count). The largest absolute Gasteiger partial charge is 0.457 e. The van der Waals surface area contributed by atoms with Crippen LogP contribution in [0.5, 0.6) is 11.5 Å². The second kappa shape index (κ2) is 19.7. The number of aromatic nitrogens is 1. The molecule has 0 spiro atoms. The summed E-state index contributed by atoms with van der Waals surface area (Å²) in [5, 5.41) is 11.9. The summed E-state index contributed by atoms with van der Waals surface area (Å²) < 4.78 is 8.76. The highest BCUT2D eigenvalue weighted by Crippen LogP contribution is 2.49. The second-order valence-electron chi connectivity index (χ2n) is 18.3. The molecule has 73 heavy (non-hydrogen) atoms. The zero-order chi connectivity index (χ0) is 49.9. The summed E-state index contributed by atoms with van der Waals surface area (Å²) >= 11 is 0. The third kappa shape index (κ3) is 8.66. The second-order valence-corrected chi connectivity index (χ2v) is 18.3. The van der Waals surface area contributed by atoms with Gasteiger partial charge in [0.05, 0.1) is 16.4 Å². The predicted octanol–water partition coefficient (Wildman–Crippen LogP) is 17.2. The Morgan fingerprint density at radius 3 is 1.82 bits per heavy atom. The molecule has 1 aliphatic heterocycles. The van der Waals surface area contributed by atoms with Crippen LogP contribution in [-0.4, -0.2) is 28.2 Å². The molecule has 0 amide bonds. The molecule has 1 aromatic heterocycles. The quantitative estimate of drug-likeness (QED) is 0.154. The highest BCUT2D eigenvalue weighted by atomic mass is 16.5. The molecule has 352 valence electrons. The summed E-state index contributed by atoms with van der Waals surface area (Å²) in [7, 11) is 2.05. The van der Waals surface area contributed by atoms with E-state index in [0.717, 1.165) is 95.1 Å². The fraction of sp³-hybridized carbons (Fsp3) is 0.0448. The molecule has 1 unspecified atom stereocenters. The number of fused-ring (bicyclic) bond motifs is 13. The average Bonchev–Trinajstić information content (AvgIpc) is 3.78. The summed E-state index contributed by atoms with van der Waals surface area (Å²) in [6.45, 7) is 10.8. The number of hydrogen-bond donors (Lipinski definition) is 1. The minimum atomic E-state index is -0.903. The van der Waals surface area contributed by atoms with Gasteiger partial charge in [0, 0.05) is 57.4 Å². The van der Waals surface area contributed by atoms with E-state index in [1.807, 2.05) is 98.1 Å². The first-order chi connectivity index (χ1) is 35.8. The molecule has 2 heterocycles. The van der Waals surface area contributed by atoms with Gasteiger partial charge in [-0.3, -0.25) is 5.41 Å². The van der Waals surface area contributed by atoms with Gasteiger partial charge in [-0.15, -0.1) is 0 Å². The zero-order valence-electron chi connectivity index (χ0n) is 40.9. The van der Waals surface area contributed by atoms with Gasteiger partial charge in [0.1, 0.15) is 17.3 Å². The van der Waals surface area contributed by atoms with Crippen molar-refractivity contribution in [2.24, 2.45) is 4.99 Å². The Balaban J connectivity index is 1.28. The lowest BCUT2D eigenvalue weighted by atomic mass is 9.75. The molecular weight excluding hydrogens is 891 g/mol. The number of benzene rings is 9. The predicted molar refractivity (Wildman–Crippen MR) is 305 cm³/mol. The lowest BCUT2D eigenvalue weighted by molar-refractivity contribution is 0.483. The number of nitrogens with zero attached hydrogens (tertiary/aromatic N) is 4. The molecule has 1 atom stereocenters. The van der Waals surface area contributed by atoms with Crippen LogP contribution in [0.15, 0.2) is 279 Å². The highest BCUT2D eigenvalue weighted by molar-refractivity contribution is 6.14. The van der Waals surface area contributed by atoms with Crippen molar-refractivity contribution in [1.82, 2.24) is 9.47 Å². The monoisotopic (exact) mass is 943 g/mol. The molecule has 6 heteroatoms. The number of amidine groups is 2. The van der Waals surface area contributed by atoms with Crippen molar-refractivity contribution in [2.45, 2.75) is 12.3 Å². The van der Waals surface area contributed by atoms with E-state index in [1.165, 1.54) is 0 Å². The lowest BCUT2D eigenvalue weighted by Gasteiger charge is -2.38. The van der Waals surface area contributed by atoms with E-state index >= 15 is 0 Å². The Morgan fingerprint density at radius 2 is 1.11 bits per heavy atom. The third-order valence-corrected chi connectivity index (χ3v) is 13.8. The van der Waals surface area contributed by atoms with Gasteiger partial charge in [-0.05, 0) is 126 Å². The van der Waals surface area contributed by atoms with Crippen LogP contribution in [0.3, 0.4) is 0 Å². The molecule has 1 N–H and O–H groups in total.